The molecule has 2 aromatic heterocycles. The molecule has 0 bridgehead atoms. The lowest BCUT2D eigenvalue weighted by Gasteiger charge is -2.14. The van der Waals surface area contributed by atoms with Crippen molar-refractivity contribution in [3.8, 4) is 11.1 Å². The van der Waals surface area contributed by atoms with Crippen LogP contribution in [0.25, 0.3) is 16.8 Å². The highest BCUT2D eigenvalue weighted by Gasteiger charge is 2.14. The van der Waals surface area contributed by atoms with Crippen LogP contribution in [0.3, 0.4) is 0 Å². The molecule has 9 heteroatoms. The van der Waals surface area contributed by atoms with Crippen LogP contribution in [0.4, 0.5) is 5.95 Å². The summed E-state index contributed by atoms with van der Waals surface area (Å²) in [5, 5.41) is 6.64. The first kappa shape index (κ1) is 19.0. The fraction of sp³-hybridized carbons (Fsp3) is 0.278. The van der Waals surface area contributed by atoms with Crippen molar-refractivity contribution < 1.29 is 13.2 Å². The van der Waals surface area contributed by atoms with Crippen molar-refractivity contribution in [2.24, 2.45) is 0 Å². The minimum absolute atomic E-state index is 0.0716. The first-order chi connectivity index (χ1) is 12.7. The number of hydrogen-bond donors (Lipinski definition) is 1. The second-order valence-electron chi connectivity index (χ2n) is 6.67. The molecule has 0 aliphatic heterocycles. The zero-order valence-corrected chi connectivity index (χ0v) is 16.2. The molecule has 0 aliphatic rings. The number of nitrogens with zero attached hydrogens (tertiary/aromatic N) is 4. The van der Waals surface area contributed by atoms with Crippen molar-refractivity contribution in [3.05, 3.63) is 48.2 Å². The maximum Gasteiger partial charge on any atom is 0.249 e. The Hall–Kier alpha value is -2.78. The quantitative estimate of drug-likeness (QED) is 0.687. The van der Waals surface area contributed by atoms with E-state index in [1.807, 2.05) is 44.6 Å². The van der Waals surface area contributed by atoms with Crippen LogP contribution in [0.5, 0.6) is 0 Å². The monoisotopic (exact) mass is 387 g/mol. The Morgan fingerprint density at radius 2 is 1.93 bits per heavy atom. The van der Waals surface area contributed by atoms with Crippen molar-refractivity contribution in [2.75, 3.05) is 31.4 Å². The number of fused-ring (bicyclic) bond motifs is 1. The third kappa shape index (κ3) is 4.89. The molecule has 8 nitrogen and oxygen atoms in total. The van der Waals surface area contributed by atoms with Gasteiger partial charge in [0.25, 0.3) is 0 Å². The van der Waals surface area contributed by atoms with Gasteiger partial charge in [0.05, 0.1) is 0 Å². The minimum atomic E-state index is -3.41. The fourth-order valence-electron chi connectivity index (χ4n) is 2.77. The van der Waals surface area contributed by atoms with Gasteiger partial charge in [0.2, 0.25) is 11.9 Å². The van der Waals surface area contributed by atoms with Crippen molar-refractivity contribution in [2.45, 2.75) is 6.54 Å². The van der Waals surface area contributed by atoms with Gasteiger partial charge in [-0.2, -0.15) is 4.98 Å². The number of anilines is 1. The standard InChI is InChI=1S/C18H21N5O3S/c1-22(2)10-13-6-4-5-7-15(13)14-8-9-16-19-18(21-23(16)11-14)20-17(24)12-27(3,25)26/h4-9,11H,10,12H2,1-3H3,(H,20,21,24). The summed E-state index contributed by atoms with van der Waals surface area (Å²) < 4.78 is 24.0. The summed E-state index contributed by atoms with van der Waals surface area (Å²) in [6.07, 6.45) is 2.84. The van der Waals surface area contributed by atoms with Gasteiger partial charge in [-0.15, -0.1) is 5.10 Å². The fourth-order valence-corrected chi connectivity index (χ4v) is 3.32. The predicted octanol–water partition coefficient (Wildman–Crippen LogP) is 1.44. The van der Waals surface area contributed by atoms with Crippen LogP contribution in [0.2, 0.25) is 0 Å². The number of sulfone groups is 1. The van der Waals surface area contributed by atoms with Crippen LogP contribution in [0.1, 0.15) is 5.56 Å². The van der Waals surface area contributed by atoms with E-state index in [1.54, 1.807) is 10.6 Å². The van der Waals surface area contributed by atoms with Gasteiger partial charge in [-0.3, -0.25) is 10.1 Å². The van der Waals surface area contributed by atoms with Crippen molar-refractivity contribution in [1.29, 1.82) is 0 Å². The van der Waals surface area contributed by atoms with E-state index < -0.39 is 21.5 Å². The summed E-state index contributed by atoms with van der Waals surface area (Å²) in [5.74, 6) is -1.20. The van der Waals surface area contributed by atoms with E-state index in [-0.39, 0.29) is 5.95 Å². The number of amides is 1. The maximum absolute atomic E-state index is 11.8. The maximum atomic E-state index is 11.8. The number of nitrogens with one attached hydrogen (secondary N) is 1. The molecular weight excluding hydrogens is 366 g/mol. The average Bonchev–Trinajstić information content (AvgIpc) is 2.94. The van der Waals surface area contributed by atoms with Gasteiger partial charge >= 0.3 is 0 Å². The molecule has 27 heavy (non-hydrogen) atoms. The number of carbonyl (C=O) groups is 1. The number of pyridine rings is 1. The summed E-state index contributed by atoms with van der Waals surface area (Å²) in [4.78, 5) is 18.1. The first-order valence-corrected chi connectivity index (χ1v) is 10.3. The summed E-state index contributed by atoms with van der Waals surface area (Å²) in [5.41, 5.74) is 3.80. The molecule has 0 spiro atoms. The van der Waals surface area contributed by atoms with E-state index >= 15 is 0 Å². The summed E-state index contributed by atoms with van der Waals surface area (Å²) >= 11 is 0. The third-order valence-electron chi connectivity index (χ3n) is 3.79. The van der Waals surface area contributed by atoms with E-state index in [4.69, 9.17) is 0 Å². The van der Waals surface area contributed by atoms with Crippen molar-refractivity contribution >= 4 is 27.3 Å². The SMILES string of the molecule is CN(C)Cc1ccccc1-c1ccc2nc(NC(=O)CS(C)(=O)=O)nn2c1. The normalized spacial score (nSPS) is 11.9. The van der Waals surface area contributed by atoms with Gasteiger partial charge in [-0.1, -0.05) is 24.3 Å². The molecule has 0 aliphatic carbocycles. The Bertz CT molecular complexity index is 1090. The molecule has 1 amide bonds. The number of hydrogen-bond acceptors (Lipinski definition) is 6. The summed E-state index contributed by atoms with van der Waals surface area (Å²) in [7, 11) is 0.624. The topological polar surface area (TPSA) is 96.7 Å². The zero-order chi connectivity index (χ0) is 19.6. The lowest BCUT2D eigenvalue weighted by atomic mass is 10.0. The Labute approximate surface area is 157 Å². The lowest BCUT2D eigenvalue weighted by Crippen LogP contribution is -2.22. The highest BCUT2D eigenvalue weighted by atomic mass is 32.2. The molecule has 3 rings (SSSR count). The molecule has 3 aromatic rings. The largest absolute Gasteiger partial charge is 0.305 e. The molecule has 1 aromatic carbocycles. The molecule has 142 valence electrons. The number of rotatable bonds is 6. The second kappa shape index (κ2) is 7.45. The Morgan fingerprint density at radius 3 is 2.63 bits per heavy atom. The third-order valence-corrected chi connectivity index (χ3v) is 4.58. The second-order valence-corrected chi connectivity index (χ2v) is 8.81. The summed E-state index contributed by atoms with van der Waals surface area (Å²) in [6.45, 7) is 0.804. The molecule has 1 N–H and O–H groups in total. The average molecular weight is 387 g/mol. The minimum Gasteiger partial charge on any atom is -0.305 e. The van der Waals surface area contributed by atoms with Crippen LogP contribution in [-0.4, -0.2) is 59.9 Å². The van der Waals surface area contributed by atoms with Gasteiger partial charge < -0.3 is 4.90 Å². The summed E-state index contributed by atoms with van der Waals surface area (Å²) in [6, 6.07) is 11.9. The zero-order valence-electron chi connectivity index (χ0n) is 15.4. The van der Waals surface area contributed by atoms with Gasteiger partial charge in [0.15, 0.2) is 15.5 Å². The molecule has 0 saturated carbocycles. The lowest BCUT2D eigenvalue weighted by molar-refractivity contribution is -0.113. The Kier molecular flexibility index (Phi) is 5.24. The van der Waals surface area contributed by atoms with Crippen LogP contribution in [-0.2, 0) is 21.2 Å². The molecule has 0 unspecified atom stereocenters. The van der Waals surface area contributed by atoms with Crippen LogP contribution < -0.4 is 5.32 Å². The van der Waals surface area contributed by atoms with Crippen LogP contribution in [0, 0.1) is 0 Å². The van der Waals surface area contributed by atoms with Gasteiger partial charge in [0.1, 0.15) is 5.75 Å². The number of carbonyl (C=O) groups excluding carboxylic acids is 1. The molecule has 0 radical (unpaired) electrons. The van der Waals surface area contributed by atoms with Crippen LogP contribution >= 0.6 is 0 Å². The molecule has 2 heterocycles. The molecule has 0 fully saturated rings. The van der Waals surface area contributed by atoms with Crippen LogP contribution in [0.15, 0.2) is 42.6 Å². The van der Waals surface area contributed by atoms with E-state index in [0.29, 0.717) is 5.65 Å². The predicted molar refractivity (Wildman–Crippen MR) is 104 cm³/mol. The van der Waals surface area contributed by atoms with E-state index in [1.165, 1.54) is 5.56 Å². The highest BCUT2D eigenvalue weighted by Crippen LogP contribution is 2.25. The first-order valence-electron chi connectivity index (χ1n) is 8.28. The van der Waals surface area contributed by atoms with E-state index in [0.717, 1.165) is 23.9 Å². The smallest absolute Gasteiger partial charge is 0.249 e. The van der Waals surface area contributed by atoms with Gasteiger partial charge in [0, 0.05) is 24.6 Å². The van der Waals surface area contributed by atoms with E-state index in [2.05, 4.69) is 26.4 Å². The molecule has 0 atom stereocenters. The van der Waals surface area contributed by atoms with Crippen molar-refractivity contribution in [3.63, 3.8) is 0 Å². The van der Waals surface area contributed by atoms with Gasteiger partial charge in [-0.25, -0.2) is 12.9 Å². The Balaban J connectivity index is 1.90. The number of benzene rings is 1. The molecular formula is C18H21N5O3S. The van der Waals surface area contributed by atoms with Crippen molar-refractivity contribution in [1.82, 2.24) is 19.5 Å². The highest BCUT2D eigenvalue weighted by molar-refractivity contribution is 7.91. The number of aromatic nitrogens is 3. The van der Waals surface area contributed by atoms with E-state index in [9.17, 15) is 13.2 Å². The Morgan fingerprint density at radius 1 is 1.19 bits per heavy atom. The molecule has 0 saturated heterocycles. The van der Waals surface area contributed by atoms with Gasteiger partial charge in [-0.05, 0) is 37.4 Å².